The van der Waals surface area contributed by atoms with Crippen molar-refractivity contribution in [1.29, 1.82) is 0 Å². The van der Waals surface area contributed by atoms with Crippen molar-refractivity contribution in [3.05, 3.63) is 130 Å². The van der Waals surface area contributed by atoms with E-state index in [0.29, 0.717) is 0 Å². The Balaban J connectivity index is 1.16. The molecule has 0 amide bonds. The highest BCUT2D eigenvalue weighted by Crippen LogP contribution is 2.36. The van der Waals surface area contributed by atoms with Crippen LogP contribution in [0.25, 0.3) is 21.5 Å². The van der Waals surface area contributed by atoms with Gasteiger partial charge in [0, 0.05) is 33.4 Å². The van der Waals surface area contributed by atoms with Gasteiger partial charge in [-0.15, -0.1) is 22.7 Å². The fourth-order valence-corrected chi connectivity index (χ4v) is 7.27. The third-order valence-electron chi connectivity index (χ3n) is 8.39. The Kier molecular flexibility index (Phi) is 11.5. The van der Waals surface area contributed by atoms with Crippen molar-refractivity contribution in [2.45, 2.75) is 37.5 Å². The number of nitrogens with zero attached hydrogens (tertiary/aromatic N) is 2. The Morgan fingerprint density at radius 1 is 0.540 bits per heavy atom. The van der Waals surface area contributed by atoms with Gasteiger partial charge in [0.25, 0.3) is 0 Å². The molecule has 10 heteroatoms. The van der Waals surface area contributed by atoms with E-state index in [2.05, 4.69) is 0 Å². The molecule has 4 aromatic carbocycles. The molecule has 0 unspecified atom stereocenters. The molecule has 6 rings (SSSR count). The number of fused-ring (bicyclic) bond motifs is 2. The number of ether oxygens (including phenoxy) is 4. The first-order chi connectivity index (χ1) is 24.3. The topological polar surface area (TPSA) is 77.5 Å². The first-order valence-corrected chi connectivity index (χ1v) is 18.1. The second-order valence-corrected chi connectivity index (χ2v) is 14.3. The van der Waals surface area contributed by atoms with Crippen LogP contribution in [0.15, 0.2) is 120 Å². The number of carbonyl (C=O) groups is 2. The predicted octanol–water partition coefficient (Wildman–Crippen LogP) is 8.70. The first kappa shape index (κ1) is 35.1. The van der Waals surface area contributed by atoms with Gasteiger partial charge in [0.05, 0.1) is 0 Å². The van der Waals surface area contributed by atoms with Crippen LogP contribution in [0.4, 0.5) is 0 Å². The summed E-state index contributed by atoms with van der Waals surface area (Å²) in [6.45, 7) is 0. The molecule has 4 atom stereocenters. The average molecular weight is 709 g/mol. The van der Waals surface area contributed by atoms with Gasteiger partial charge in [0.2, 0.25) is 0 Å². The summed E-state index contributed by atoms with van der Waals surface area (Å²) in [7, 11) is 7.19. The van der Waals surface area contributed by atoms with Gasteiger partial charge < -0.3 is 18.9 Å². The molecule has 0 saturated carbocycles. The van der Waals surface area contributed by atoms with Crippen molar-refractivity contribution in [3.8, 4) is 11.5 Å². The minimum Gasteiger partial charge on any atom is -0.484 e. The zero-order valence-electron chi connectivity index (χ0n) is 28.4. The number of hydrogen-bond acceptors (Lipinski definition) is 10. The van der Waals surface area contributed by atoms with Gasteiger partial charge in [0.15, 0.2) is 12.5 Å². The second kappa shape index (κ2) is 16.3. The van der Waals surface area contributed by atoms with E-state index in [1.54, 1.807) is 60.7 Å². The van der Waals surface area contributed by atoms with Gasteiger partial charge in [-0.3, -0.25) is 9.80 Å². The summed E-state index contributed by atoms with van der Waals surface area (Å²) in [5, 5.41) is 8.06. The van der Waals surface area contributed by atoms with E-state index in [-0.39, 0.29) is 12.8 Å². The maximum Gasteiger partial charge on any atom is 0.419 e. The lowest BCUT2D eigenvalue weighted by molar-refractivity contribution is -0.185. The van der Waals surface area contributed by atoms with E-state index in [4.69, 9.17) is 18.9 Å². The number of thiophene rings is 2. The number of benzene rings is 4. The standard InChI is InChI=1S/C40H40N2O6S2/c1-41(2)37(25-33(35-21-11-23-49-35)45-31-19-9-15-27-13-5-7-17-29(27)31)47-39(43)40(44)48-38(42(3)4)26-34(36-22-12-24-50-36)46-32-20-10-16-28-14-6-8-18-30(28)32/h5-24,33-34,37-38H,25-26H2,1-4H3/t33-,34-,37-,38-/m0/s1. The SMILES string of the molecule is CN(C)[C@H](C[C@H](Oc1cccc2ccccc12)c1cccs1)OC(=O)C(=O)O[C@@H](C[C@H](Oc1cccc2ccccc12)c1cccs1)N(C)C. The Labute approximate surface area is 300 Å². The minimum absolute atomic E-state index is 0.284. The summed E-state index contributed by atoms with van der Waals surface area (Å²) in [6.07, 6.45) is -1.86. The minimum atomic E-state index is -1.08. The molecular formula is C40H40N2O6S2. The molecule has 0 bridgehead atoms. The lowest BCUT2D eigenvalue weighted by atomic mass is 10.1. The Morgan fingerprint density at radius 2 is 0.940 bits per heavy atom. The first-order valence-electron chi connectivity index (χ1n) is 16.4. The predicted molar refractivity (Wildman–Crippen MR) is 200 cm³/mol. The maximum absolute atomic E-state index is 13.4. The number of esters is 2. The molecule has 0 aliphatic heterocycles. The molecule has 0 spiro atoms. The molecule has 0 saturated heterocycles. The van der Waals surface area contributed by atoms with Crippen molar-refractivity contribution >= 4 is 56.2 Å². The average Bonchev–Trinajstić information content (AvgIpc) is 3.86. The van der Waals surface area contributed by atoms with Crippen LogP contribution in [-0.4, -0.2) is 62.4 Å². The monoisotopic (exact) mass is 708 g/mol. The normalized spacial score (nSPS) is 14.0. The molecule has 0 fully saturated rings. The molecule has 0 N–H and O–H groups in total. The largest absolute Gasteiger partial charge is 0.484 e. The van der Waals surface area contributed by atoms with Crippen LogP contribution in [0.3, 0.4) is 0 Å². The van der Waals surface area contributed by atoms with Crippen molar-refractivity contribution in [2.24, 2.45) is 0 Å². The molecule has 8 nitrogen and oxygen atoms in total. The molecule has 2 heterocycles. The maximum atomic E-state index is 13.4. The van der Waals surface area contributed by atoms with E-state index < -0.39 is 36.6 Å². The Hall–Kier alpha value is -4.74. The number of carbonyl (C=O) groups excluding carboxylic acids is 2. The molecule has 2 aromatic heterocycles. The fourth-order valence-electron chi connectivity index (χ4n) is 5.74. The van der Waals surface area contributed by atoms with Gasteiger partial charge in [-0.05, 0) is 74.0 Å². The fraction of sp³-hybridized carbons (Fsp3) is 0.250. The van der Waals surface area contributed by atoms with Gasteiger partial charge in [-0.25, -0.2) is 9.59 Å². The van der Waals surface area contributed by atoms with Crippen LogP contribution in [-0.2, 0) is 19.1 Å². The van der Waals surface area contributed by atoms with Gasteiger partial charge in [-0.2, -0.15) is 0 Å². The zero-order valence-corrected chi connectivity index (χ0v) is 30.1. The van der Waals surface area contributed by atoms with Gasteiger partial charge in [-0.1, -0.05) is 84.9 Å². The van der Waals surface area contributed by atoms with E-state index >= 15 is 0 Å². The van der Waals surface area contributed by atoms with Crippen LogP contribution in [0, 0.1) is 0 Å². The van der Waals surface area contributed by atoms with Crippen molar-refractivity contribution < 1.29 is 28.5 Å². The summed E-state index contributed by atoms with van der Waals surface area (Å²) in [5.41, 5.74) is 0. The van der Waals surface area contributed by atoms with Crippen LogP contribution in [0.2, 0.25) is 0 Å². The second-order valence-electron chi connectivity index (χ2n) is 12.3. The van der Waals surface area contributed by atoms with Gasteiger partial charge >= 0.3 is 11.9 Å². The lowest BCUT2D eigenvalue weighted by Crippen LogP contribution is -2.41. The highest BCUT2D eigenvalue weighted by molar-refractivity contribution is 7.10. The molecule has 0 aliphatic carbocycles. The molecule has 258 valence electrons. The van der Waals surface area contributed by atoms with Crippen LogP contribution in [0.5, 0.6) is 11.5 Å². The summed E-state index contributed by atoms with van der Waals surface area (Å²) in [4.78, 5) is 32.2. The third-order valence-corrected chi connectivity index (χ3v) is 10.3. The summed E-state index contributed by atoms with van der Waals surface area (Å²) < 4.78 is 24.8. The highest BCUT2D eigenvalue weighted by atomic mass is 32.1. The quantitative estimate of drug-likeness (QED) is 0.0632. The molecular weight excluding hydrogens is 669 g/mol. The molecule has 6 aromatic rings. The van der Waals surface area contributed by atoms with E-state index in [0.717, 1.165) is 42.8 Å². The van der Waals surface area contributed by atoms with Crippen molar-refractivity contribution in [2.75, 3.05) is 28.2 Å². The van der Waals surface area contributed by atoms with Crippen LogP contribution in [0.1, 0.15) is 34.8 Å². The highest BCUT2D eigenvalue weighted by Gasteiger charge is 2.32. The Bertz CT molecular complexity index is 1860. The summed E-state index contributed by atoms with van der Waals surface area (Å²) >= 11 is 3.12. The van der Waals surface area contributed by atoms with Crippen molar-refractivity contribution in [1.82, 2.24) is 9.80 Å². The lowest BCUT2D eigenvalue weighted by Gasteiger charge is -2.30. The van der Waals surface area contributed by atoms with Gasteiger partial charge in [0.1, 0.15) is 23.7 Å². The summed E-state index contributed by atoms with van der Waals surface area (Å²) in [5.74, 6) is -0.698. The number of rotatable bonds is 14. The van der Waals surface area contributed by atoms with E-state index in [9.17, 15) is 9.59 Å². The smallest absolute Gasteiger partial charge is 0.419 e. The van der Waals surface area contributed by atoms with E-state index in [1.807, 2.05) is 120 Å². The third kappa shape index (κ3) is 8.51. The van der Waals surface area contributed by atoms with E-state index in [1.165, 1.54) is 0 Å². The summed E-state index contributed by atoms with van der Waals surface area (Å²) in [6, 6.07) is 35.8. The molecule has 50 heavy (non-hydrogen) atoms. The zero-order chi connectivity index (χ0) is 35.0. The molecule has 0 aliphatic rings. The van der Waals surface area contributed by atoms with Crippen LogP contribution >= 0.6 is 22.7 Å². The van der Waals surface area contributed by atoms with Crippen LogP contribution < -0.4 is 9.47 Å². The van der Waals surface area contributed by atoms with Crippen molar-refractivity contribution in [3.63, 3.8) is 0 Å². The molecule has 0 radical (unpaired) electrons. The number of hydrogen-bond donors (Lipinski definition) is 0. The Morgan fingerprint density at radius 3 is 1.32 bits per heavy atom.